The normalized spacial score (nSPS) is 24.2. The van der Waals surface area contributed by atoms with Gasteiger partial charge in [0.25, 0.3) is 0 Å². The first-order valence-electron chi connectivity index (χ1n) is 11.2. The lowest BCUT2D eigenvalue weighted by atomic mass is 9.91. The van der Waals surface area contributed by atoms with Gasteiger partial charge in [-0.2, -0.15) is 10.4 Å². The van der Waals surface area contributed by atoms with Crippen molar-refractivity contribution in [3.63, 3.8) is 0 Å². The number of nitrogens with one attached hydrogen (secondary N) is 1. The molecule has 32 heavy (non-hydrogen) atoms. The lowest BCUT2D eigenvalue weighted by Gasteiger charge is -2.48. The number of nitrogens with zero attached hydrogens (tertiary/aromatic N) is 6. The standard InChI is InChI=1S/C23H26N7OP/c1-32(31)6-4-28(5-7-32)20-9-21(23-17(10-24)12-26-30(23)15-20)16-2-3-22(25-11-16)29-13-18-8-19(14-29)27-18/h2-3,9,11-12,15,18-19,27H,4-8,13-14H2,1H3. The number of hydrogen-bond donors (Lipinski definition) is 1. The van der Waals surface area contributed by atoms with Gasteiger partial charge in [-0.05, 0) is 31.3 Å². The van der Waals surface area contributed by atoms with Crippen molar-refractivity contribution in [3.8, 4) is 17.2 Å². The van der Waals surface area contributed by atoms with E-state index < -0.39 is 7.14 Å². The van der Waals surface area contributed by atoms with Gasteiger partial charge < -0.3 is 19.7 Å². The highest BCUT2D eigenvalue weighted by molar-refractivity contribution is 7.63. The van der Waals surface area contributed by atoms with Gasteiger partial charge in [0, 0.05) is 67.9 Å². The van der Waals surface area contributed by atoms with Crippen molar-refractivity contribution in [2.75, 3.05) is 55.0 Å². The number of rotatable bonds is 3. The monoisotopic (exact) mass is 447 g/mol. The second-order valence-corrected chi connectivity index (χ2v) is 12.9. The van der Waals surface area contributed by atoms with Crippen LogP contribution in [0.2, 0.25) is 0 Å². The third kappa shape index (κ3) is 3.37. The smallest absolute Gasteiger partial charge is 0.128 e. The molecule has 4 fully saturated rings. The van der Waals surface area contributed by atoms with Gasteiger partial charge in [0.2, 0.25) is 0 Å². The quantitative estimate of drug-likeness (QED) is 0.618. The van der Waals surface area contributed by atoms with E-state index in [1.54, 1.807) is 10.7 Å². The summed E-state index contributed by atoms with van der Waals surface area (Å²) in [6, 6.07) is 9.74. The van der Waals surface area contributed by atoms with E-state index in [-0.39, 0.29) is 0 Å². The molecule has 3 aromatic heterocycles. The van der Waals surface area contributed by atoms with Crippen molar-refractivity contribution in [1.29, 1.82) is 5.26 Å². The van der Waals surface area contributed by atoms with E-state index in [1.165, 1.54) is 6.42 Å². The van der Waals surface area contributed by atoms with Crippen LogP contribution in [-0.2, 0) is 4.57 Å². The zero-order chi connectivity index (χ0) is 21.9. The molecule has 0 aromatic carbocycles. The van der Waals surface area contributed by atoms with E-state index in [0.717, 1.165) is 66.7 Å². The third-order valence-electron chi connectivity index (χ3n) is 7.07. The lowest BCUT2D eigenvalue weighted by Crippen LogP contribution is -2.67. The molecule has 2 atom stereocenters. The number of aromatic nitrogens is 3. The van der Waals surface area contributed by atoms with Gasteiger partial charge in [-0.3, -0.25) is 0 Å². The van der Waals surface area contributed by atoms with E-state index in [2.05, 4.69) is 44.5 Å². The molecule has 0 radical (unpaired) electrons. The van der Waals surface area contributed by atoms with Crippen LogP contribution in [0.3, 0.4) is 0 Å². The van der Waals surface area contributed by atoms with Crippen LogP contribution in [0.15, 0.2) is 36.8 Å². The summed E-state index contributed by atoms with van der Waals surface area (Å²) in [5, 5.41) is 17.6. The number of hydrogen-bond acceptors (Lipinski definition) is 7. The fraction of sp³-hybridized carbons (Fsp3) is 0.435. The third-order valence-corrected chi connectivity index (χ3v) is 9.37. The fourth-order valence-corrected chi connectivity index (χ4v) is 6.71. The lowest BCUT2D eigenvalue weighted by molar-refractivity contribution is 0.225. The largest absolute Gasteiger partial charge is 0.369 e. The number of piperazine rings is 1. The van der Waals surface area contributed by atoms with Gasteiger partial charge in [0.05, 0.1) is 36.3 Å². The second kappa shape index (κ2) is 7.33. The zero-order valence-electron chi connectivity index (χ0n) is 18.1. The maximum Gasteiger partial charge on any atom is 0.128 e. The molecule has 8 nitrogen and oxygen atoms in total. The van der Waals surface area contributed by atoms with E-state index in [9.17, 15) is 9.83 Å². The van der Waals surface area contributed by atoms with Crippen LogP contribution in [0, 0.1) is 11.3 Å². The van der Waals surface area contributed by atoms with Crippen molar-refractivity contribution >= 4 is 24.2 Å². The maximum atomic E-state index is 12.4. The summed E-state index contributed by atoms with van der Waals surface area (Å²) in [5.74, 6) is 1.00. The van der Waals surface area contributed by atoms with E-state index in [0.29, 0.717) is 17.6 Å². The molecular formula is C23H26N7OP. The molecule has 9 heteroatoms. The molecule has 3 aromatic rings. The number of anilines is 2. The van der Waals surface area contributed by atoms with Crippen LogP contribution in [-0.4, -0.2) is 71.8 Å². The number of piperidine rings is 1. The topological polar surface area (TPSA) is 89.6 Å². The molecule has 4 aliphatic rings. The molecule has 1 N–H and O–H groups in total. The molecule has 0 saturated carbocycles. The Labute approximate surface area is 187 Å². The molecule has 4 saturated heterocycles. The highest BCUT2D eigenvalue weighted by Crippen LogP contribution is 2.44. The maximum absolute atomic E-state index is 12.4. The highest BCUT2D eigenvalue weighted by Gasteiger charge is 2.36. The molecule has 0 spiro atoms. The van der Waals surface area contributed by atoms with Crippen molar-refractivity contribution in [1.82, 2.24) is 19.9 Å². The molecule has 7 rings (SSSR count). The summed E-state index contributed by atoms with van der Waals surface area (Å²) in [5.41, 5.74) is 4.30. The van der Waals surface area contributed by atoms with Crippen LogP contribution in [0.25, 0.3) is 16.6 Å². The summed E-state index contributed by atoms with van der Waals surface area (Å²) in [7, 11) is -2.01. The Bertz CT molecular complexity index is 1250. The Morgan fingerprint density at radius 3 is 2.56 bits per heavy atom. The minimum atomic E-state index is -2.01. The first-order chi connectivity index (χ1) is 15.5. The van der Waals surface area contributed by atoms with Crippen molar-refractivity contribution in [2.24, 2.45) is 0 Å². The summed E-state index contributed by atoms with van der Waals surface area (Å²) >= 11 is 0. The Hall–Kier alpha value is -2.88. The second-order valence-electron chi connectivity index (χ2n) is 9.41. The first kappa shape index (κ1) is 19.8. The average molecular weight is 447 g/mol. The summed E-state index contributed by atoms with van der Waals surface area (Å²) in [4.78, 5) is 9.39. The summed E-state index contributed by atoms with van der Waals surface area (Å²) < 4.78 is 14.2. The van der Waals surface area contributed by atoms with Crippen molar-refractivity contribution < 1.29 is 4.57 Å². The molecule has 2 unspecified atom stereocenters. The van der Waals surface area contributed by atoms with Crippen LogP contribution >= 0.6 is 7.14 Å². The van der Waals surface area contributed by atoms with Crippen molar-refractivity contribution in [2.45, 2.75) is 18.5 Å². The zero-order valence-corrected chi connectivity index (χ0v) is 19.0. The predicted octanol–water partition coefficient (Wildman–Crippen LogP) is 2.63. The number of fused-ring (bicyclic) bond motifs is 3. The SMILES string of the molecule is CP1(=O)CCN(c2cc(-c3ccc(N4CC5CC(C4)N5)nc3)c3c(C#N)cnn3c2)CC1. The Morgan fingerprint density at radius 2 is 1.91 bits per heavy atom. The van der Waals surface area contributed by atoms with Gasteiger partial charge in [-0.25, -0.2) is 9.50 Å². The predicted molar refractivity (Wildman–Crippen MR) is 126 cm³/mol. The molecule has 0 aliphatic carbocycles. The van der Waals surface area contributed by atoms with E-state index >= 15 is 0 Å². The average Bonchev–Trinajstić information content (AvgIpc) is 3.21. The summed E-state index contributed by atoms with van der Waals surface area (Å²) in [6.07, 6.45) is 8.22. The minimum absolute atomic E-state index is 0.550. The Morgan fingerprint density at radius 1 is 1.16 bits per heavy atom. The Kier molecular flexibility index (Phi) is 4.53. The van der Waals surface area contributed by atoms with Gasteiger partial charge in [-0.1, -0.05) is 0 Å². The molecule has 0 amide bonds. The highest BCUT2D eigenvalue weighted by atomic mass is 31.2. The number of nitriles is 1. The molecular weight excluding hydrogens is 421 g/mol. The van der Waals surface area contributed by atoms with Gasteiger partial charge in [0.15, 0.2) is 0 Å². The number of pyridine rings is 2. The molecule has 4 aliphatic heterocycles. The molecule has 164 valence electrons. The molecule has 2 bridgehead atoms. The van der Waals surface area contributed by atoms with Crippen LogP contribution in [0.5, 0.6) is 0 Å². The first-order valence-corrected chi connectivity index (χ1v) is 13.7. The minimum Gasteiger partial charge on any atom is -0.369 e. The van der Waals surface area contributed by atoms with Crippen LogP contribution in [0.1, 0.15) is 12.0 Å². The van der Waals surface area contributed by atoms with Gasteiger partial charge >= 0.3 is 0 Å². The van der Waals surface area contributed by atoms with Crippen LogP contribution < -0.4 is 15.1 Å². The van der Waals surface area contributed by atoms with Gasteiger partial charge in [-0.15, -0.1) is 0 Å². The van der Waals surface area contributed by atoms with Gasteiger partial charge in [0.1, 0.15) is 11.9 Å². The Balaban J connectivity index is 1.37. The summed E-state index contributed by atoms with van der Waals surface area (Å²) in [6.45, 7) is 5.45. The van der Waals surface area contributed by atoms with E-state index in [1.807, 2.05) is 19.1 Å². The van der Waals surface area contributed by atoms with E-state index in [4.69, 9.17) is 4.98 Å². The fourth-order valence-electron chi connectivity index (χ4n) is 5.16. The van der Waals surface area contributed by atoms with Crippen molar-refractivity contribution in [3.05, 3.63) is 42.4 Å². The molecule has 7 heterocycles. The van der Waals surface area contributed by atoms with Crippen LogP contribution in [0.4, 0.5) is 11.5 Å².